The predicted octanol–water partition coefficient (Wildman–Crippen LogP) is 8.96. The number of nitrogens with zero attached hydrogens (tertiary/aromatic N) is 2. The molecule has 0 unspecified atom stereocenters. The van der Waals surface area contributed by atoms with Crippen molar-refractivity contribution in [2.24, 2.45) is 7.05 Å². The van der Waals surface area contributed by atoms with Gasteiger partial charge < -0.3 is 4.42 Å². The fraction of sp³-hybridized carbons (Fsp3) is 0.273. The number of hydrogen-bond acceptors (Lipinski definition) is 1. The summed E-state index contributed by atoms with van der Waals surface area (Å²) >= 11 is 0. The number of aryl methyl sites for hydroxylation is 1. The molecular formula is C33H31N2O+. The molecule has 1 saturated carbocycles. The maximum Gasteiger partial charge on any atom is 0.216 e. The maximum atomic E-state index is 9.44. The number of furan rings is 1. The lowest BCUT2D eigenvalue weighted by Gasteiger charge is -2.22. The number of benzene rings is 3. The van der Waals surface area contributed by atoms with Crippen LogP contribution in [0, 0.1) is 20.4 Å². The van der Waals surface area contributed by atoms with Crippen LogP contribution in [0.5, 0.6) is 0 Å². The van der Waals surface area contributed by atoms with Gasteiger partial charge in [-0.3, -0.25) is 0 Å². The Morgan fingerprint density at radius 1 is 0.944 bits per heavy atom. The van der Waals surface area contributed by atoms with Crippen LogP contribution in [-0.4, -0.2) is 0 Å². The summed E-state index contributed by atoms with van der Waals surface area (Å²) in [6.07, 6.45) is 3.96. The van der Waals surface area contributed by atoms with Crippen LogP contribution in [0.3, 0.4) is 0 Å². The molecule has 3 nitrogen and oxygen atoms in total. The van der Waals surface area contributed by atoms with E-state index in [0.717, 1.165) is 24.8 Å². The largest absolute Gasteiger partial charge is 0.456 e. The van der Waals surface area contributed by atoms with Gasteiger partial charge in [-0.25, -0.2) is 4.85 Å². The van der Waals surface area contributed by atoms with E-state index in [4.69, 9.17) is 19.2 Å². The molecule has 0 bridgehead atoms. The van der Waals surface area contributed by atoms with Crippen molar-refractivity contribution >= 4 is 27.6 Å². The van der Waals surface area contributed by atoms with Gasteiger partial charge in [-0.1, -0.05) is 73.7 Å². The molecule has 6 rings (SSSR count). The van der Waals surface area contributed by atoms with Gasteiger partial charge in [0.2, 0.25) is 5.69 Å². The van der Waals surface area contributed by atoms with Crippen molar-refractivity contribution in [3.63, 3.8) is 0 Å². The Hall–Kier alpha value is -3.90. The Labute approximate surface area is 224 Å². The molecule has 0 spiro atoms. The first-order valence-electron chi connectivity index (χ1n) is 16.3. The van der Waals surface area contributed by atoms with Gasteiger partial charge in [-0.15, -0.1) is 0 Å². The van der Waals surface area contributed by atoms with Gasteiger partial charge in [-0.2, -0.15) is 4.57 Å². The molecule has 5 aromatic rings. The van der Waals surface area contributed by atoms with Crippen LogP contribution in [-0.2, 0) is 7.05 Å². The first kappa shape index (κ1) is 15.3. The van der Waals surface area contributed by atoms with Crippen LogP contribution >= 0.6 is 0 Å². The fourth-order valence-electron chi connectivity index (χ4n) is 5.30. The van der Waals surface area contributed by atoms with E-state index in [9.17, 15) is 2.74 Å². The van der Waals surface area contributed by atoms with Crippen LogP contribution in [0.4, 0.5) is 5.69 Å². The number of pyridine rings is 1. The Balaban J connectivity index is 1.75. The van der Waals surface area contributed by atoms with E-state index in [-0.39, 0.29) is 34.5 Å². The molecule has 0 atom stereocenters. The summed E-state index contributed by atoms with van der Waals surface area (Å²) < 4.78 is 77.9. The highest BCUT2D eigenvalue weighted by Crippen LogP contribution is 2.44. The average molecular weight is 480 g/mol. The Bertz CT molecular complexity index is 2060. The SMILES string of the molecule is [2H]c1c([2H])c([2H])c(-c2c([N+]#[C-])ccc3c2oc2c(-c4c([2H])c(C5([2H])CCCCC5)c([2H])c(C)[n+]4C)c(C)ccc23)c([2H])c1[2H]. The standard InChI is InChI=1S/C33H31N2O/c1-21-15-16-26-27-17-18-28(34-3)31(24-13-9-6-10-14-24)33(27)36-32(26)30(21)29-20-25(19-22(2)35(29)4)23-11-7-5-8-12-23/h6,9-10,13-20,23H,5,7-8,11-12H2,1-2,4H3/q+1/i6D,9D,10D,13D,14D,19D,20D,23D. The van der Waals surface area contributed by atoms with Crippen molar-refractivity contribution < 1.29 is 20.0 Å². The molecule has 3 heteroatoms. The van der Waals surface area contributed by atoms with Crippen LogP contribution in [0.1, 0.15) is 65.8 Å². The molecule has 36 heavy (non-hydrogen) atoms. The van der Waals surface area contributed by atoms with Crippen LogP contribution < -0.4 is 4.57 Å². The highest BCUT2D eigenvalue weighted by atomic mass is 16.3. The van der Waals surface area contributed by atoms with E-state index in [1.807, 2.05) is 26.0 Å². The number of fused-ring (bicyclic) bond motifs is 3. The van der Waals surface area contributed by atoms with Crippen molar-refractivity contribution in [3.8, 4) is 22.4 Å². The van der Waals surface area contributed by atoms with Gasteiger partial charge in [0, 0.05) is 36.7 Å². The van der Waals surface area contributed by atoms with Gasteiger partial charge >= 0.3 is 0 Å². The predicted molar refractivity (Wildman–Crippen MR) is 147 cm³/mol. The Morgan fingerprint density at radius 3 is 2.36 bits per heavy atom. The highest BCUT2D eigenvalue weighted by Gasteiger charge is 2.26. The van der Waals surface area contributed by atoms with E-state index in [1.54, 1.807) is 23.7 Å². The summed E-state index contributed by atoms with van der Waals surface area (Å²) in [7, 11) is 1.80. The van der Waals surface area contributed by atoms with E-state index < -0.39 is 36.1 Å². The molecule has 1 fully saturated rings. The van der Waals surface area contributed by atoms with Gasteiger partial charge in [0.25, 0.3) is 0 Å². The zero-order chi connectivity index (χ0) is 31.8. The minimum absolute atomic E-state index is 0.0882. The molecule has 0 N–H and O–H groups in total. The van der Waals surface area contributed by atoms with E-state index in [0.29, 0.717) is 51.7 Å². The zero-order valence-corrected chi connectivity index (χ0v) is 20.6. The fourth-order valence-corrected chi connectivity index (χ4v) is 5.30. The summed E-state index contributed by atoms with van der Waals surface area (Å²) in [5.74, 6) is -1.03. The third-order valence-corrected chi connectivity index (χ3v) is 7.30. The van der Waals surface area contributed by atoms with Crippen LogP contribution in [0.2, 0.25) is 0 Å². The molecule has 0 amide bonds. The molecule has 2 heterocycles. The summed E-state index contributed by atoms with van der Waals surface area (Å²) in [6, 6.07) is 5.05. The van der Waals surface area contributed by atoms with Crippen molar-refractivity contribution in [3.05, 3.63) is 94.8 Å². The maximum absolute atomic E-state index is 9.44. The van der Waals surface area contributed by atoms with Gasteiger partial charge in [-0.05, 0) is 42.3 Å². The van der Waals surface area contributed by atoms with Crippen LogP contribution in [0.25, 0.3) is 49.2 Å². The molecular weight excluding hydrogens is 440 g/mol. The monoisotopic (exact) mass is 479 g/mol. The van der Waals surface area contributed by atoms with Crippen molar-refractivity contribution in [2.75, 3.05) is 0 Å². The third-order valence-electron chi connectivity index (χ3n) is 7.30. The number of aromatic nitrogens is 1. The second-order valence-electron chi connectivity index (χ2n) is 9.47. The van der Waals surface area contributed by atoms with Crippen molar-refractivity contribution in [1.82, 2.24) is 0 Å². The van der Waals surface area contributed by atoms with E-state index in [1.165, 1.54) is 0 Å². The summed E-state index contributed by atoms with van der Waals surface area (Å²) in [6.45, 7) is 11.6. The molecule has 0 radical (unpaired) electrons. The summed E-state index contributed by atoms with van der Waals surface area (Å²) in [4.78, 5) is 3.63. The van der Waals surface area contributed by atoms with E-state index in [2.05, 4.69) is 4.85 Å². The number of hydrogen-bond donors (Lipinski definition) is 0. The van der Waals surface area contributed by atoms with Crippen molar-refractivity contribution in [1.29, 1.82) is 0 Å². The molecule has 1 aliphatic rings. The first-order valence-corrected chi connectivity index (χ1v) is 12.3. The van der Waals surface area contributed by atoms with E-state index >= 15 is 0 Å². The molecule has 0 aliphatic heterocycles. The molecule has 178 valence electrons. The normalized spacial score (nSPS) is 18.4. The topological polar surface area (TPSA) is 21.4 Å². The summed E-state index contributed by atoms with van der Waals surface area (Å²) in [5, 5.41) is 1.28. The molecule has 3 aromatic carbocycles. The van der Waals surface area contributed by atoms with Gasteiger partial charge in [0.15, 0.2) is 11.4 Å². The smallest absolute Gasteiger partial charge is 0.216 e. The van der Waals surface area contributed by atoms with Gasteiger partial charge in [0.1, 0.15) is 18.2 Å². The second-order valence-corrected chi connectivity index (χ2v) is 9.47. The first-order chi connectivity index (χ1) is 20.8. The average Bonchev–Trinajstić information content (AvgIpc) is 3.38. The minimum Gasteiger partial charge on any atom is -0.456 e. The lowest BCUT2D eigenvalue weighted by Crippen LogP contribution is -2.35. The van der Waals surface area contributed by atoms with Gasteiger partial charge in [0.05, 0.1) is 21.7 Å². The highest BCUT2D eigenvalue weighted by molar-refractivity contribution is 6.15. The quantitative estimate of drug-likeness (QED) is 0.187. The lowest BCUT2D eigenvalue weighted by molar-refractivity contribution is -0.666. The zero-order valence-electron chi connectivity index (χ0n) is 28.6. The Morgan fingerprint density at radius 2 is 1.64 bits per heavy atom. The van der Waals surface area contributed by atoms with Crippen LogP contribution in [0.15, 0.2) is 71.0 Å². The second kappa shape index (κ2) is 8.95. The summed E-state index contributed by atoms with van der Waals surface area (Å²) in [5.41, 5.74) is 3.73. The minimum atomic E-state index is -1.03. The van der Waals surface area contributed by atoms with Crippen molar-refractivity contribution in [2.45, 2.75) is 51.8 Å². The molecule has 0 saturated heterocycles. The Kier molecular flexibility index (Phi) is 3.80. The molecule has 2 aromatic heterocycles. The molecule has 1 aliphatic carbocycles. The number of rotatable bonds is 3. The lowest BCUT2D eigenvalue weighted by atomic mass is 9.83. The third kappa shape index (κ3) is 3.60.